The number of rotatable bonds is 17. The molecule has 3 aliphatic heterocycles. The van der Waals surface area contributed by atoms with E-state index in [2.05, 4.69) is 54.5 Å². The highest BCUT2D eigenvalue weighted by Crippen LogP contribution is 2.46. The zero-order valence-corrected chi connectivity index (χ0v) is 32.1. The van der Waals surface area contributed by atoms with Crippen LogP contribution in [0.15, 0.2) is 65.4 Å². The number of benzene rings is 2. The molecule has 0 bridgehead atoms. The number of anilines is 1. The first-order chi connectivity index (χ1) is 24.9. The molecule has 0 saturated carbocycles. The van der Waals surface area contributed by atoms with Crippen molar-refractivity contribution in [3.63, 3.8) is 0 Å². The third kappa shape index (κ3) is 8.08. The number of hydrogen-bond donors (Lipinski definition) is 2. The second-order valence-corrected chi connectivity index (χ2v) is 19.6. The molecule has 3 heterocycles. The zero-order chi connectivity index (χ0) is 37.0. The minimum Gasteiger partial charge on any atom is -0.478 e. The van der Waals surface area contributed by atoms with Crippen molar-refractivity contribution in [3.05, 3.63) is 87.6 Å². The van der Waals surface area contributed by atoms with Crippen LogP contribution in [0.3, 0.4) is 0 Å². The fraction of sp³-hybridized carbons (Fsp3) is 0.500. The number of carbonyl (C=O) groups excluding carboxylic acids is 1. The molecule has 0 aromatic heterocycles. The number of nitrogens with one attached hydrogen (secondary N) is 1. The molecule has 1 atom stereocenters. The molecular formula is C40H50ClF2N3O5Si. The Morgan fingerprint density at radius 3 is 2.35 bits per heavy atom. The fourth-order valence-electron chi connectivity index (χ4n) is 7.58. The van der Waals surface area contributed by atoms with Gasteiger partial charge in [-0.3, -0.25) is 9.69 Å². The Balaban J connectivity index is 1.26. The number of alkyl halides is 3. The molecule has 52 heavy (non-hydrogen) atoms. The van der Waals surface area contributed by atoms with Crippen LogP contribution in [0.4, 0.5) is 14.5 Å². The van der Waals surface area contributed by atoms with E-state index in [9.17, 15) is 23.5 Å². The van der Waals surface area contributed by atoms with Gasteiger partial charge in [0.25, 0.3) is 5.91 Å². The van der Waals surface area contributed by atoms with Crippen molar-refractivity contribution in [1.82, 2.24) is 10.2 Å². The van der Waals surface area contributed by atoms with Gasteiger partial charge in [0.2, 0.25) is 0 Å². The van der Waals surface area contributed by atoms with Gasteiger partial charge < -0.3 is 24.8 Å². The Morgan fingerprint density at radius 1 is 0.942 bits per heavy atom. The van der Waals surface area contributed by atoms with Gasteiger partial charge in [0.15, 0.2) is 0 Å². The quantitative estimate of drug-likeness (QED) is 0.112. The maximum atomic E-state index is 14.1. The summed E-state index contributed by atoms with van der Waals surface area (Å²) in [4.78, 5) is 30.3. The van der Waals surface area contributed by atoms with Gasteiger partial charge in [-0.1, -0.05) is 50.2 Å². The standard InChI is InChI=1S/C40H50ClF2N3O5Si/c1-40(46-25-29(43)26-46)13-12-33-36(22-40)52(2,3)35-21-30(45-23-28(42)24-45)9-11-32(35)37(33)34-20-27(8-10-31(34)39(48)49)38(47)44-15-17-51-19-18-50-16-7-5-4-6-14-41/h8-13,20-22,28-29H,4-7,14-19,23-26H2,1-3H3,(H,44,47)(H,48,49). The summed E-state index contributed by atoms with van der Waals surface area (Å²) in [7, 11) is -2.44. The van der Waals surface area contributed by atoms with Crippen LogP contribution >= 0.6 is 11.6 Å². The molecule has 0 spiro atoms. The predicted molar refractivity (Wildman–Crippen MR) is 205 cm³/mol. The van der Waals surface area contributed by atoms with Gasteiger partial charge in [-0.2, -0.15) is 0 Å². The number of halogens is 3. The van der Waals surface area contributed by atoms with Crippen molar-refractivity contribution in [2.45, 2.75) is 63.6 Å². The molecule has 2 saturated heterocycles. The molecule has 2 fully saturated rings. The molecule has 1 aliphatic carbocycles. The summed E-state index contributed by atoms with van der Waals surface area (Å²) in [5, 5.41) is 15.6. The summed E-state index contributed by atoms with van der Waals surface area (Å²) < 4.78 is 39.2. The monoisotopic (exact) mass is 753 g/mol. The molecule has 1 amide bonds. The van der Waals surface area contributed by atoms with E-state index in [0.717, 1.165) is 58.5 Å². The first kappa shape index (κ1) is 38.4. The number of carbonyl (C=O) groups is 2. The van der Waals surface area contributed by atoms with E-state index in [0.29, 0.717) is 69.6 Å². The van der Waals surface area contributed by atoms with E-state index in [1.165, 1.54) is 6.07 Å². The molecule has 2 aromatic carbocycles. The van der Waals surface area contributed by atoms with Crippen LogP contribution in [0.5, 0.6) is 0 Å². The number of ether oxygens (including phenoxy) is 2. The van der Waals surface area contributed by atoms with E-state index >= 15 is 0 Å². The molecule has 8 nitrogen and oxygen atoms in total. The maximum absolute atomic E-state index is 14.1. The highest BCUT2D eigenvalue weighted by molar-refractivity contribution is 6.97. The molecule has 280 valence electrons. The van der Waals surface area contributed by atoms with E-state index in [1.54, 1.807) is 12.1 Å². The summed E-state index contributed by atoms with van der Waals surface area (Å²) in [6, 6.07) is 10.9. The van der Waals surface area contributed by atoms with Crippen molar-refractivity contribution in [3.8, 4) is 0 Å². The minimum absolute atomic E-state index is 0.0879. The second-order valence-electron chi connectivity index (χ2n) is 14.9. The molecule has 4 aliphatic rings. The SMILES string of the molecule is CC1(N2CC(F)C2)C=CC2=C(c3cc(C(=O)NCCOCCOCCCCCCCl)ccc3C(=O)O)c3ccc(N4CC(F)C4)cc3[Si](C)(C)C2=C1. The number of carboxylic acid groups (broad SMARTS) is 1. The predicted octanol–water partition coefficient (Wildman–Crippen LogP) is 6.28. The summed E-state index contributed by atoms with van der Waals surface area (Å²) >= 11 is 5.71. The lowest BCUT2D eigenvalue weighted by molar-refractivity contribution is 0.0198. The number of allylic oxidation sites excluding steroid dienone is 3. The Labute approximate surface area is 311 Å². The lowest BCUT2D eigenvalue weighted by Gasteiger charge is -2.49. The molecule has 12 heteroatoms. The van der Waals surface area contributed by atoms with Gasteiger partial charge in [-0.05, 0) is 82.8 Å². The maximum Gasteiger partial charge on any atom is 0.336 e. The average Bonchev–Trinajstić information content (AvgIpc) is 3.09. The number of likely N-dealkylation sites (tertiary alicyclic amines) is 1. The summed E-state index contributed by atoms with van der Waals surface area (Å²) in [5.41, 5.74) is 3.89. The average molecular weight is 754 g/mol. The van der Waals surface area contributed by atoms with E-state index < -0.39 is 31.9 Å². The summed E-state index contributed by atoms with van der Waals surface area (Å²) in [5.74, 6) is -0.738. The van der Waals surface area contributed by atoms with Crippen molar-refractivity contribution >= 4 is 48.0 Å². The summed E-state index contributed by atoms with van der Waals surface area (Å²) in [6.45, 7) is 10.2. The van der Waals surface area contributed by atoms with Gasteiger partial charge in [0.1, 0.15) is 20.4 Å². The van der Waals surface area contributed by atoms with Crippen LogP contribution in [0.1, 0.15) is 64.4 Å². The number of carboxylic acids is 1. The number of nitrogens with zero attached hydrogens (tertiary/aromatic N) is 2. The third-order valence-electron chi connectivity index (χ3n) is 10.8. The summed E-state index contributed by atoms with van der Waals surface area (Å²) in [6.07, 6.45) is 8.88. The molecular weight excluding hydrogens is 704 g/mol. The third-order valence-corrected chi connectivity index (χ3v) is 14.6. The largest absolute Gasteiger partial charge is 0.478 e. The van der Waals surface area contributed by atoms with Crippen LogP contribution in [0.25, 0.3) is 5.57 Å². The molecule has 6 rings (SSSR count). The molecule has 2 N–H and O–H groups in total. The number of unbranched alkanes of at least 4 members (excludes halogenated alkanes) is 3. The number of amides is 1. The number of hydrogen-bond acceptors (Lipinski definition) is 6. The Bertz CT molecular complexity index is 1750. The van der Waals surface area contributed by atoms with Gasteiger partial charge in [-0.25, -0.2) is 13.6 Å². The van der Waals surface area contributed by atoms with Crippen molar-refractivity contribution in [2.75, 3.05) is 69.9 Å². The highest BCUT2D eigenvalue weighted by atomic mass is 35.5. The van der Waals surface area contributed by atoms with Crippen LogP contribution in [-0.2, 0) is 9.47 Å². The lowest BCUT2D eigenvalue weighted by Crippen LogP contribution is -2.60. The molecule has 0 radical (unpaired) electrons. The Kier molecular flexibility index (Phi) is 12.1. The normalized spacial score (nSPS) is 21.3. The smallest absolute Gasteiger partial charge is 0.336 e. The number of fused-ring (bicyclic) bond motifs is 2. The highest BCUT2D eigenvalue weighted by Gasteiger charge is 2.46. The van der Waals surface area contributed by atoms with Gasteiger partial charge in [-0.15, -0.1) is 11.6 Å². The van der Waals surface area contributed by atoms with Crippen molar-refractivity contribution < 1.29 is 33.0 Å². The molecule has 2 aromatic rings. The zero-order valence-electron chi connectivity index (χ0n) is 30.4. The van der Waals surface area contributed by atoms with Gasteiger partial charge in [0, 0.05) is 43.4 Å². The Morgan fingerprint density at radius 2 is 1.65 bits per heavy atom. The van der Waals surface area contributed by atoms with Crippen LogP contribution in [-0.4, -0.2) is 113 Å². The van der Waals surface area contributed by atoms with Crippen molar-refractivity contribution in [2.24, 2.45) is 0 Å². The van der Waals surface area contributed by atoms with E-state index in [1.807, 2.05) is 17.0 Å². The van der Waals surface area contributed by atoms with E-state index in [4.69, 9.17) is 21.1 Å². The lowest BCUT2D eigenvalue weighted by atomic mass is 9.83. The van der Waals surface area contributed by atoms with Crippen molar-refractivity contribution in [1.29, 1.82) is 0 Å². The molecule has 1 unspecified atom stereocenters. The number of aromatic carboxylic acids is 1. The first-order valence-electron chi connectivity index (χ1n) is 18.4. The van der Waals surface area contributed by atoms with E-state index in [-0.39, 0.29) is 18.0 Å². The first-order valence-corrected chi connectivity index (χ1v) is 21.9. The second kappa shape index (κ2) is 16.3. The minimum atomic E-state index is -2.44. The van der Waals surface area contributed by atoms with Crippen LogP contribution in [0.2, 0.25) is 13.1 Å². The Hall–Kier alpha value is -3.35. The van der Waals surface area contributed by atoms with Gasteiger partial charge >= 0.3 is 5.97 Å². The topological polar surface area (TPSA) is 91.3 Å². The van der Waals surface area contributed by atoms with Crippen LogP contribution in [0, 0.1) is 0 Å². The van der Waals surface area contributed by atoms with Gasteiger partial charge in [0.05, 0.1) is 44.0 Å². The van der Waals surface area contributed by atoms with Crippen LogP contribution < -0.4 is 15.4 Å². The fourth-order valence-corrected chi connectivity index (χ4v) is 11.0.